The Kier molecular flexibility index (Phi) is 18.1. The Hall–Kier alpha value is 0.870. The van der Waals surface area contributed by atoms with Crippen LogP contribution in [0.3, 0.4) is 0 Å². The van der Waals surface area contributed by atoms with Crippen molar-refractivity contribution < 1.29 is 43.7 Å². The molecule has 0 spiro atoms. The van der Waals surface area contributed by atoms with E-state index in [9.17, 15) is 8.42 Å². The van der Waals surface area contributed by atoms with Gasteiger partial charge in [0.05, 0.1) is 5.75 Å². The molecule has 0 aliphatic carbocycles. The van der Waals surface area contributed by atoms with Gasteiger partial charge in [-0.05, 0) is 19.8 Å². The summed E-state index contributed by atoms with van der Waals surface area (Å²) in [5, 5.41) is 0. The van der Waals surface area contributed by atoms with Crippen LogP contribution in [-0.2, 0) is 14.4 Å². The van der Waals surface area contributed by atoms with Gasteiger partial charge in [-0.25, -0.2) is 0 Å². The summed E-state index contributed by atoms with van der Waals surface area (Å²) in [7, 11) is -3.39. The first-order valence-electron chi connectivity index (χ1n) is 8.18. The molecule has 1 atom stereocenters. The van der Waals surface area contributed by atoms with Crippen molar-refractivity contribution in [2.24, 2.45) is 0 Å². The minimum atomic E-state index is -3.39. The molecule has 6 heteroatoms. The molecule has 0 aliphatic heterocycles. The molecule has 0 aliphatic rings. The van der Waals surface area contributed by atoms with E-state index in [1.165, 1.54) is 44.9 Å². The molecular formula is C15H34NNaO3S. The molecule has 1 N–H and O–H groups in total. The third kappa shape index (κ3) is 17.1. The van der Waals surface area contributed by atoms with E-state index in [1.807, 2.05) is 13.8 Å². The van der Waals surface area contributed by atoms with Crippen molar-refractivity contribution in [3.05, 3.63) is 0 Å². The van der Waals surface area contributed by atoms with E-state index in [2.05, 4.69) is 12.4 Å². The van der Waals surface area contributed by atoms with Crippen LogP contribution in [0.25, 0.3) is 0 Å². The fraction of sp³-hybridized carbons (Fsp3) is 1.00. The summed E-state index contributed by atoms with van der Waals surface area (Å²) in [6, 6.07) is 0.0849. The van der Waals surface area contributed by atoms with Gasteiger partial charge in [-0.15, -0.1) is 0 Å². The number of hydroxylamine groups is 1. The van der Waals surface area contributed by atoms with E-state index < -0.39 is 10.1 Å². The number of unbranched alkanes of at least 4 members (excludes halogenated alkanes) is 7. The van der Waals surface area contributed by atoms with Crippen molar-refractivity contribution in [3.8, 4) is 0 Å². The minimum absolute atomic E-state index is 0. The predicted molar refractivity (Wildman–Crippen MR) is 86.1 cm³/mol. The first kappa shape index (κ1) is 24.1. The molecule has 0 rings (SSSR count). The van der Waals surface area contributed by atoms with Gasteiger partial charge in [0.1, 0.15) is 0 Å². The van der Waals surface area contributed by atoms with Crippen molar-refractivity contribution in [1.29, 1.82) is 0 Å². The van der Waals surface area contributed by atoms with E-state index in [4.69, 9.17) is 4.28 Å². The second kappa shape index (κ2) is 15.8. The fourth-order valence-corrected chi connectivity index (χ4v) is 2.98. The maximum Gasteiger partial charge on any atom is 1.00 e. The van der Waals surface area contributed by atoms with E-state index in [-0.39, 0.29) is 42.8 Å². The van der Waals surface area contributed by atoms with Crippen LogP contribution in [0.4, 0.5) is 0 Å². The Labute approximate surface area is 155 Å². The summed E-state index contributed by atoms with van der Waals surface area (Å²) in [4.78, 5) is 0. The molecule has 1 unspecified atom stereocenters. The van der Waals surface area contributed by atoms with Crippen molar-refractivity contribution in [3.63, 3.8) is 0 Å². The maximum absolute atomic E-state index is 11.4. The summed E-state index contributed by atoms with van der Waals surface area (Å²) in [5.74, 6) is 0.0739. The fourth-order valence-electron chi connectivity index (χ4n) is 2.09. The summed E-state index contributed by atoms with van der Waals surface area (Å²) < 4.78 is 27.5. The monoisotopic (exact) mass is 331 g/mol. The first-order chi connectivity index (χ1) is 9.52. The average Bonchev–Trinajstić information content (AvgIpc) is 2.39. The largest absolute Gasteiger partial charge is 1.00 e. The third-order valence-corrected chi connectivity index (χ3v) is 4.58. The molecule has 0 amide bonds. The summed E-state index contributed by atoms with van der Waals surface area (Å²) in [6.45, 7) is 6.02. The van der Waals surface area contributed by atoms with Crippen LogP contribution in [0.1, 0.15) is 86.4 Å². The van der Waals surface area contributed by atoms with Crippen molar-refractivity contribution in [2.75, 3.05) is 5.75 Å². The van der Waals surface area contributed by atoms with Crippen LogP contribution in [-0.4, -0.2) is 20.2 Å². The van der Waals surface area contributed by atoms with Crippen LogP contribution >= 0.6 is 0 Å². The van der Waals surface area contributed by atoms with Gasteiger partial charge in [0.2, 0.25) is 0 Å². The van der Waals surface area contributed by atoms with E-state index in [0.29, 0.717) is 6.42 Å². The Morgan fingerprint density at radius 3 is 2.00 bits per heavy atom. The van der Waals surface area contributed by atoms with Crippen molar-refractivity contribution >= 4 is 10.1 Å². The van der Waals surface area contributed by atoms with Crippen LogP contribution in [0.15, 0.2) is 0 Å². The van der Waals surface area contributed by atoms with Gasteiger partial charge in [0.15, 0.2) is 0 Å². The third-order valence-electron chi connectivity index (χ3n) is 3.32. The quantitative estimate of drug-likeness (QED) is 0.296. The zero-order chi connectivity index (χ0) is 15.3. The molecule has 124 valence electrons. The van der Waals surface area contributed by atoms with Gasteiger partial charge >= 0.3 is 29.6 Å². The zero-order valence-corrected chi connectivity index (χ0v) is 17.3. The second-order valence-electron chi connectivity index (χ2n) is 5.63. The van der Waals surface area contributed by atoms with Gasteiger partial charge in [0.25, 0.3) is 10.1 Å². The van der Waals surface area contributed by atoms with Crippen LogP contribution in [0.5, 0.6) is 0 Å². The van der Waals surface area contributed by atoms with Crippen LogP contribution < -0.4 is 35.0 Å². The molecule has 0 heterocycles. The molecule has 0 fully saturated rings. The van der Waals surface area contributed by atoms with Gasteiger partial charge in [-0.1, -0.05) is 65.2 Å². The summed E-state index contributed by atoms with van der Waals surface area (Å²) >= 11 is 0. The topological polar surface area (TPSA) is 55.4 Å². The number of hydrogen-bond donors (Lipinski definition) is 1. The predicted octanol–water partition coefficient (Wildman–Crippen LogP) is 1.28. The molecule has 0 saturated carbocycles. The average molecular weight is 331 g/mol. The minimum Gasteiger partial charge on any atom is -1.00 e. The van der Waals surface area contributed by atoms with Crippen molar-refractivity contribution in [2.45, 2.75) is 91.0 Å². The molecule has 0 saturated heterocycles. The zero-order valence-electron chi connectivity index (χ0n) is 15.5. The Morgan fingerprint density at radius 2 is 1.48 bits per heavy atom. The first-order valence-corrected chi connectivity index (χ1v) is 9.76. The van der Waals surface area contributed by atoms with Gasteiger partial charge in [0, 0.05) is 6.04 Å². The second-order valence-corrected chi connectivity index (χ2v) is 7.32. The smallest absolute Gasteiger partial charge is 1.00 e. The number of hydrogen-bond acceptors (Lipinski definition) is 4. The van der Waals surface area contributed by atoms with E-state index in [0.717, 1.165) is 12.8 Å². The molecule has 21 heavy (non-hydrogen) atoms. The number of rotatable bonds is 14. The van der Waals surface area contributed by atoms with Crippen LogP contribution in [0, 0.1) is 0 Å². The molecule has 0 aromatic carbocycles. The molecule has 0 aromatic rings. The molecule has 0 aromatic heterocycles. The molecule has 0 radical (unpaired) electrons. The Balaban J connectivity index is -0.00000180. The molecular weight excluding hydrogens is 297 g/mol. The Morgan fingerprint density at radius 1 is 0.952 bits per heavy atom. The normalized spacial score (nSPS) is 12.9. The van der Waals surface area contributed by atoms with E-state index >= 15 is 0 Å². The number of nitrogens with one attached hydrogen (secondary N) is 1. The summed E-state index contributed by atoms with van der Waals surface area (Å²) in [5.41, 5.74) is 2.64. The van der Waals surface area contributed by atoms with Gasteiger partial charge in [-0.2, -0.15) is 18.2 Å². The van der Waals surface area contributed by atoms with E-state index in [1.54, 1.807) is 0 Å². The molecule has 4 nitrogen and oxygen atoms in total. The van der Waals surface area contributed by atoms with Crippen LogP contribution in [0.2, 0.25) is 0 Å². The van der Waals surface area contributed by atoms with Gasteiger partial charge < -0.3 is 1.43 Å². The molecule has 0 bridgehead atoms. The maximum atomic E-state index is 11.4. The van der Waals surface area contributed by atoms with Crippen molar-refractivity contribution in [1.82, 2.24) is 5.48 Å². The SMILES string of the molecule is CCCCCCCCCCC(C)NOS(=O)(=O)CCC.[H-].[Na+]. The van der Waals surface area contributed by atoms with Gasteiger partial charge in [-0.3, -0.25) is 0 Å². The summed E-state index contributed by atoms with van der Waals surface area (Å²) in [6.07, 6.45) is 11.8. The standard InChI is InChI=1S/C15H33NO3S.Na.H/c1-4-6-7-8-9-10-11-12-13-15(3)16-19-20(17,18)14-5-2;;/h15-16H,4-14H2,1-3H3;;/q;+1;-1. The Bertz CT molecular complexity index is 316.